The van der Waals surface area contributed by atoms with E-state index in [1.165, 1.54) is 26.6 Å². The summed E-state index contributed by atoms with van der Waals surface area (Å²) in [6.07, 6.45) is 5.33. The summed E-state index contributed by atoms with van der Waals surface area (Å²) in [5.41, 5.74) is 0.818. The van der Waals surface area contributed by atoms with E-state index in [1.54, 1.807) is 12.1 Å². The molecule has 1 aromatic carbocycles. The molecule has 0 radical (unpaired) electrons. The van der Waals surface area contributed by atoms with Gasteiger partial charge >= 0.3 is 0 Å². The van der Waals surface area contributed by atoms with Crippen LogP contribution in [0.25, 0.3) is 0 Å². The van der Waals surface area contributed by atoms with Crippen molar-refractivity contribution in [1.82, 2.24) is 9.97 Å². The number of hydrogen-bond donors (Lipinski definition) is 1. The lowest BCUT2D eigenvalue weighted by molar-refractivity contribution is 0.102. The minimum Gasteiger partial charge on any atom is -0.495 e. The standard InChI is InChI=1S/C19H23ClN4O3/c1-12-4-6-24(7-5-12)19-21-10-13(11-22-19)18(25)23-15-9-16(26-2)14(20)8-17(15)27-3/h8-12H,4-7H2,1-3H3,(H,23,25). The van der Waals surface area contributed by atoms with Crippen LogP contribution in [0, 0.1) is 5.92 Å². The number of nitrogens with zero attached hydrogens (tertiary/aromatic N) is 3. The fraction of sp³-hybridized carbons (Fsp3) is 0.421. The van der Waals surface area contributed by atoms with Crippen LogP contribution in [0.15, 0.2) is 24.5 Å². The molecule has 0 atom stereocenters. The number of amides is 1. The number of aromatic nitrogens is 2. The number of halogens is 1. The highest BCUT2D eigenvalue weighted by molar-refractivity contribution is 6.32. The number of methoxy groups -OCH3 is 2. The molecular formula is C19H23ClN4O3. The van der Waals surface area contributed by atoms with Gasteiger partial charge < -0.3 is 19.7 Å². The molecule has 1 saturated heterocycles. The van der Waals surface area contributed by atoms with E-state index in [4.69, 9.17) is 21.1 Å². The van der Waals surface area contributed by atoms with Crippen LogP contribution in [0.5, 0.6) is 11.5 Å². The van der Waals surface area contributed by atoms with Gasteiger partial charge in [-0.15, -0.1) is 0 Å². The second-order valence-electron chi connectivity index (χ2n) is 6.58. The maximum absolute atomic E-state index is 12.6. The van der Waals surface area contributed by atoms with Crippen LogP contribution in [-0.2, 0) is 0 Å². The Morgan fingerprint density at radius 2 is 1.78 bits per heavy atom. The van der Waals surface area contributed by atoms with Crippen molar-refractivity contribution in [3.8, 4) is 11.5 Å². The Balaban J connectivity index is 1.73. The molecule has 144 valence electrons. The second-order valence-corrected chi connectivity index (χ2v) is 6.99. The zero-order chi connectivity index (χ0) is 19.4. The molecule has 1 amide bonds. The number of carbonyl (C=O) groups is 1. The van der Waals surface area contributed by atoms with Gasteiger partial charge in [0, 0.05) is 37.6 Å². The van der Waals surface area contributed by atoms with Gasteiger partial charge in [-0.1, -0.05) is 18.5 Å². The van der Waals surface area contributed by atoms with Gasteiger partial charge in [0.25, 0.3) is 5.91 Å². The maximum atomic E-state index is 12.6. The van der Waals surface area contributed by atoms with E-state index in [0.29, 0.717) is 33.7 Å². The Kier molecular flexibility index (Phi) is 6.01. The van der Waals surface area contributed by atoms with Crippen LogP contribution in [0.3, 0.4) is 0 Å². The minimum absolute atomic E-state index is 0.337. The van der Waals surface area contributed by atoms with Crippen molar-refractivity contribution >= 4 is 29.1 Å². The van der Waals surface area contributed by atoms with Crippen molar-refractivity contribution in [2.24, 2.45) is 5.92 Å². The normalized spacial score (nSPS) is 14.7. The number of hydrogen-bond acceptors (Lipinski definition) is 6. The maximum Gasteiger partial charge on any atom is 0.258 e. The molecule has 27 heavy (non-hydrogen) atoms. The number of ether oxygens (including phenoxy) is 2. The monoisotopic (exact) mass is 390 g/mol. The van der Waals surface area contributed by atoms with E-state index in [1.807, 2.05) is 0 Å². The first-order valence-electron chi connectivity index (χ1n) is 8.81. The van der Waals surface area contributed by atoms with Crippen molar-refractivity contribution in [2.45, 2.75) is 19.8 Å². The number of piperidine rings is 1. The molecular weight excluding hydrogens is 368 g/mol. The SMILES string of the molecule is COc1cc(NC(=O)c2cnc(N3CCC(C)CC3)nc2)c(OC)cc1Cl. The minimum atomic E-state index is -0.337. The van der Waals surface area contributed by atoms with Gasteiger partial charge in [-0.2, -0.15) is 0 Å². The average Bonchev–Trinajstić information content (AvgIpc) is 2.69. The van der Waals surface area contributed by atoms with Crippen molar-refractivity contribution in [3.63, 3.8) is 0 Å². The average molecular weight is 391 g/mol. The lowest BCUT2D eigenvalue weighted by Crippen LogP contribution is -2.34. The summed E-state index contributed by atoms with van der Waals surface area (Å²) < 4.78 is 10.5. The molecule has 2 aromatic rings. The summed E-state index contributed by atoms with van der Waals surface area (Å²) in [6, 6.07) is 3.20. The van der Waals surface area contributed by atoms with E-state index >= 15 is 0 Å². The quantitative estimate of drug-likeness (QED) is 0.839. The van der Waals surface area contributed by atoms with Crippen molar-refractivity contribution in [3.05, 3.63) is 35.1 Å². The first-order valence-corrected chi connectivity index (χ1v) is 9.19. The van der Waals surface area contributed by atoms with Gasteiger partial charge in [0.05, 0.1) is 30.5 Å². The van der Waals surface area contributed by atoms with Crippen molar-refractivity contribution < 1.29 is 14.3 Å². The van der Waals surface area contributed by atoms with Crippen LogP contribution in [0.2, 0.25) is 5.02 Å². The van der Waals surface area contributed by atoms with E-state index in [9.17, 15) is 4.79 Å². The molecule has 3 rings (SSSR count). The molecule has 1 fully saturated rings. The van der Waals surface area contributed by atoms with Gasteiger partial charge in [0.2, 0.25) is 5.95 Å². The molecule has 0 spiro atoms. The number of anilines is 2. The van der Waals surface area contributed by atoms with E-state index in [-0.39, 0.29) is 5.91 Å². The third-order valence-corrected chi connectivity index (χ3v) is 4.98. The summed E-state index contributed by atoms with van der Waals surface area (Å²) in [5, 5.41) is 3.19. The van der Waals surface area contributed by atoms with E-state index in [2.05, 4.69) is 27.1 Å². The Morgan fingerprint density at radius 1 is 1.15 bits per heavy atom. The van der Waals surface area contributed by atoms with Crippen LogP contribution in [0.1, 0.15) is 30.1 Å². The van der Waals surface area contributed by atoms with E-state index < -0.39 is 0 Å². The molecule has 2 heterocycles. The molecule has 7 nitrogen and oxygen atoms in total. The number of benzene rings is 1. The summed E-state index contributed by atoms with van der Waals surface area (Å²) in [7, 11) is 3.01. The van der Waals surface area contributed by atoms with Crippen LogP contribution in [-0.4, -0.2) is 43.2 Å². The molecule has 1 aromatic heterocycles. The fourth-order valence-corrected chi connectivity index (χ4v) is 3.19. The van der Waals surface area contributed by atoms with Crippen molar-refractivity contribution in [1.29, 1.82) is 0 Å². The Hall–Kier alpha value is -2.54. The highest BCUT2D eigenvalue weighted by Crippen LogP contribution is 2.36. The van der Waals surface area contributed by atoms with Gasteiger partial charge in [-0.3, -0.25) is 4.79 Å². The summed E-state index contributed by atoms with van der Waals surface area (Å²) in [4.78, 5) is 23.4. The highest BCUT2D eigenvalue weighted by Gasteiger charge is 2.19. The van der Waals surface area contributed by atoms with Crippen molar-refractivity contribution in [2.75, 3.05) is 37.5 Å². The summed E-state index contributed by atoms with van der Waals surface area (Å²) in [5.74, 6) is 1.94. The van der Waals surface area contributed by atoms with Crippen LogP contribution in [0.4, 0.5) is 11.6 Å². The number of rotatable bonds is 5. The van der Waals surface area contributed by atoms with Gasteiger partial charge in [0.1, 0.15) is 11.5 Å². The van der Waals surface area contributed by atoms with E-state index in [0.717, 1.165) is 31.8 Å². The predicted octanol–water partition coefficient (Wildman–Crippen LogP) is 3.64. The predicted molar refractivity (Wildman–Crippen MR) is 105 cm³/mol. The fourth-order valence-electron chi connectivity index (χ4n) is 2.96. The first kappa shape index (κ1) is 19.2. The van der Waals surface area contributed by atoms with Gasteiger partial charge in [-0.05, 0) is 18.8 Å². The number of nitrogens with one attached hydrogen (secondary N) is 1. The summed E-state index contributed by atoms with van der Waals surface area (Å²) >= 11 is 6.09. The Bertz CT molecular complexity index is 805. The Morgan fingerprint density at radius 3 is 2.37 bits per heavy atom. The highest BCUT2D eigenvalue weighted by atomic mass is 35.5. The first-order chi connectivity index (χ1) is 13.0. The molecule has 1 aliphatic heterocycles. The third-order valence-electron chi connectivity index (χ3n) is 4.69. The zero-order valence-electron chi connectivity index (χ0n) is 15.7. The van der Waals surface area contributed by atoms with Crippen LogP contribution < -0.4 is 19.7 Å². The lowest BCUT2D eigenvalue weighted by atomic mass is 10.00. The van der Waals surface area contributed by atoms with Gasteiger partial charge in [-0.25, -0.2) is 9.97 Å². The molecule has 0 aliphatic carbocycles. The second kappa shape index (κ2) is 8.43. The number of carbonyl (C=O) groups excluding carboxylic acids is 1. The van der Waals surface area contributed by atoms with Gasteiger partial charge in [0.15, 0.2) is 0 Å². The molecule has 0 bridgehead atoms. The zero-order valence-corrected chi connectivity index (χ0v) is 16.4. The Labute approximate surface area is 163 Å². The third kappa shape index (κ3) is 4.42. The molecule has 1 N–H and O–H groups in total. The molecule has 0 unspecified atom stereocenters. The van der Waals surface area contributed by atoms with Crippen LogP contribution >= 0.6 is 11.6 Å². The topological polar surface area (TPSA) is 76.6 Å². The molecule has 8 heteroatoms. The molecule has 1 aliphatic rings. The largest absolute Gasteiger partial charge is 0.495 e. The smallest absolute Gasteiger partial charge is 0.258 e. The summed E-state index contributed by atoms with van der Waals surface area (Å²) in [6.45, 7) is 4.13. The lowest BCUT2D eigenvalue weighted by Gasteiger charge is -2.30. The molecule has 0 saturated carbocycles.